The number of amides is 4. The number of hydrogen-bond donors (Lipinski definition) is 0. The lowest BCUT2D eigenvalue weighted by atomic mass is 9.94. The number of morpholine rings is 2. The summed E-state index contributed by atoms with van der Waals surface area (Å²) in [5, 5.41) is 0. The minimum atomic E-state index is 0.108. The van der Waals surface area contributed by atoms with Crippen molar-refractivity contribution >= 4 is 24.0 Å². The van der Waals surface area contributed by atoms with Gasteiger partial charge in [-0.25, -0.2) is 19.6 Å². The highest BCUT2D eigenvalue weighted by Crippen LogP contribution is 2.29. The molecule has 2 heterocycles. The highest BCUT2D eigenvalue weighted by molar-refractivity contribution is 5.97. The zero-order valence-electron chi connectivity index (χ0n) is 35.6. The zero-order chi connectivity index (χ0) is 39.0. The Hall–Kier alpha value is -2.60. The molecule has 2 saturated heterocycles. The van der Waals surface area contributed by atoms with E-state index in [9.17, 15) is 9.59 Å². The van der Waals surface area contributed by atoms with Gasteiger partial charge in [-0.05, 0) is 64.2 Å². The molecule has 56 heavy (non-hydrogen) atoms. The fourth-order valence-electron chi connectivity index (χ4n) is 9.97. The smallest absolute Gasteiger partial charge is 0.326 e. The SMILES string of the molecule is CN(CCCCCCN(C)C(=O)N(C(=NC1CCCCC1)N1CCOCC1)C1CCCCC1)C(=O)N(C(=NC1CCCCC1)N1CCOCC1)C1CCCCC1. The van der Waals surface area contributed by atoms with E-state index in [2.05, 4.69) is 19.6 Å². The molecule has 6 aliphatic rings. The van der Waals surface area contributed by atoms with E-state index in [-0.39, 0.29) is 24.1 Å². The third-order valence-electron chi connectivity index (χ3n) is 13.4. The second-order valence-corrected chi connectivity index (χ2v) is 17.8. The molecule has 4 aliphatic carbocycles. The molecule has 0 bridgehead atoms. The maximum Gasteiger partial charge on any atom is 0.326 e. The average Bonchev–Trinajstić information content (AvgIpc) is 3.26. The number of carbonyl (C=O) groups excluding carboxylic acids is 2. The standard InChI is InChI=1S/C44H78N8O4/c1-47(43(53)51(39-23-13-7-14-24-39)41(49-29-33-55-34-30-49)45-37-19-9-5-10-20-37)27-17-3-4-18-28-48(2)44(54)52(40-25-15-8-16-26-40)42(50-31-35-56-36-32-50)46-38-21-11-6-12-22-38/h37-40H,3-36H2,1-2H3. The summed E-state index contributed by atoms with van der Waals surface area (Å²) in [5.41, 5.74) is 0. The number of aliphatic imine (C=N–C) groups is 2. The van der Waals surface area contributed by atoms with Gasteiger partial charge in [-0.1, -0.05) is 89.9 Å². The number of rotatable bonds is 11. The van der Waals surface area contributed by atoms with Crippen LogP contribution in [0.5, 0.6) is 0 Å². The predicted octanol–water partition coefficient (Wildman–Crippen LogP) is 7.96. The third-order valence-corrected chi connectivity index (χ3v) is 13.4. The van der Waals surface area contributed by atoms with E-state index in [1.54, 1.807) is 0 Å². The third kappa shape index (κ3) is 12.5. The molecule has 0 aromatic carbocycles. The van der Waals surface area contributed by atoms with E-state index in [1.807, 2.05) is 23.9 Å². The van der Waals surface area contributed by atoms with Gasteiger partial charge in [0.1, 0.15) is 0 Å². The molecule has 2 aliphatic heterocycles. The Bertz CT molecular complexity index is 1140. The van der Waals surface area contributed by atoms with Crippen LogP contribution in [0.15, 0.2) is 9.98 Å². The van der Waals surface area contributed by atoms with Crippen LogP contribution in [0.4, 0.5) is 9.59 Å². The van der Waals surface area contributed by atoms with Crippen LogP contribution in [0.2, 0.25) is 0 Å². The normalized spacial score (nSPS) is 23.2. The first-order valence-corrected chi connectivity index (χ1v) is 23.4. The number of hydrogen-bond acceptors (Lipinski definition) is 6. The lowest BCUT2D eigenvalue weighted by Crippen LogP contribution is -2.58. The minimum Gasteiger partial charge on any atom is -0.378 e. The lowest BCUT2D eigenvalue weighted by Gasteiger charge is -2.42. The highest BCUT2D eigenvalue weighted by Gasteiger charge is 2.37. The molecular formula is C44H78N8O4. The van der Waals surface area contributed by atoms with Crippen molar-refractivity contribution in [3.05, 3.63) is 0 Å². The van der Waals surface area contributed by atoms with Gasteiger partial charge in [0, 0.05) is 65.4 Å². The molecule has 0 unspecified atom stereocenters. The van der Waals surface area contributed by atoms with Crippen LogP contribution < -0.4 is 0 Å². The molecule has 0 radical (unpaired) electrons. The van der Waals surface area contributed by atoms with Crippen LogP contribution >= 0.6 is 0 Å². The maximum atomic E-state index is 14.5. The Kier molecular flexibility index (Phi) is 17.7. The van der Waals surface area contributed by atoms with Crippen LogP contribution in [-0.4, -0.2) is 157 Å². The largest absolute Gasteiger partial charge is 0.378 e. The summed E-state index contributed by atoms with van der Waals surface area (Å²) in [4.78, 5) is 52.7. The molecule has 0 atom stereocenters. The molecule has 6 rings (SSSR count). The minimum absolute atomic E-state index is 0.108. The van der Waals surface area contributed by atoms with E-state index in [1.165, 1.54) is 77.0 Å². The van der Waals surface area contributed by atoms with E-state index < -0.39 is 0 Å². The van der Waals surface area contributed by atoms with Crippen molar-refractivity contribution in [2.75, 3.05) is 79.8 Å². The van der Waals surface area contributed by atoms with Crippen molar-refractivity contribution < 1.29 is 19.1 Å². The average molecular weight is 783 g/mol. The number of nitrogens with zero attached hydrogens (tertiary/aromatic N) is 8. The van der Waals surface area contributed by atoms with Crippen molar-refractivity contribution in [1.29, 1.82) is 0 Å². The molecule has 4 amide bonds. The molecule has 0 aromatic rings. The summed E-state index contributed by atoms with van der Waals surface area (Å²) in [6.07, 6.45) is 27.4. The van der Waals surface area contributed by atoms with Gasteiger partial charge in [0.15, 0.2) is 0 Å². The predicted molar refractivity (Wildman–Crippen MR) is 225 cm³/mol. The summed E-state index contributed by atoms with van der Waals surface area (Å²) in [5.74, 6) is 1.83. The Morgan fingerprint density at radius 2 is 0.804 bits per heavy atom. The first-order chi connectivity index (χ1) is 27.5. The number of carbonyl (C=O) groups is 2. The number of guanidine groups is 2. The van der Waals surface area contributed by atoms with Crippen molar-refractivity contribution in [2.24, 2.45) is 9.98 Å². The monoisotopic (exact) mass is 783 g/mol. The molecular weight excluding hydrogens is 705 g/mol. The van der Waals surface area contributed by atoms with E-state index in [4.69, 9.17) is 19.5 Å². The van der Waals surface area contributed by atoms with Gasteiger partial charge in [0.2, 0.25) is 11.9 Å². The summed E-state index contributed by atoms with van der Waals surface area (Å²) in [6.45, 7) is 7.39. The number of urea groups is 2. The Morgan fingerprint density at radius 3 is 1.14 bits per heavy atom. The van der Waals surface area contributed by atoms with Crippen LogP contribution in [0, 0.1) is 0 Å². The molecule has 4 saturated carbocycles. The molecule has 318 valence electrons. The van der Waals surface area contributed by atoms with Crippen molar-refractivity contribution in [1.82, 2.24) is 29.4 Å². The molecule has 0 aromatic heterocycles. The second kappa shape index (κ2) is 23.1. The van der Waals surface area contributed by atoms with E-state index in [0.717, 1.165) is 128 Å². The first-order valence-electron chi connectivity index (χ1n) is 23.4. The maximum absolute atomic E-state index is 14.5. The second-order valence-electron chi connectivity index (χ2n) is 17.8. The number of unbranched alkanes of at least 4 members (excludes halogenated alkanes) is 3. The summed E-state index contributed by atoms with van der Waals surface area (Å²) < 4.78 is 11.5. The first kappa shape index (κ1) is 43.0. The van der Waals surface area contributed by atoms with E-state index >= 15 is 0 Å². The topological polar surface area (TPSA) is 96.8 Å². The fourth-order valence-corrected chi connectivity index (χ4v) is 9.97. The van der Waals surface area contributed by atoms with Gasteiger partial charge in [0.25, 0.3) is 0 Å². The van der Waals surface area contributed by atoms with Crippen LogP contribution in [0.1, 0.15) is 154 Å². The van der Waals surface area contributed by atoms with Crippen molar-refractivity contribution in [3.8, 4) is 0 Å². The van der Waals surface area contributed by atoms with Gasteiger partial charge in [-0.3, -0.25) is 9.80 Å². The van der Waals surface area contributed by atoms with Crippen molar-refractivity contribution in [2.45, 2.75) is 178 Å². The van der Waals surface area contributed by atoms with Gasteiger partial charge in [-0.2, -0.15) is 0 Å². The summed E-state index contributed by atoms with van der Waals surface area (Å²) in [6, 6.07) is 1.25. The van der Waals surface area contributed by atoms with Gasteiger partial charge >= 0.3 is 12.1 Å². The van der Waals surface area contributed by atoms with Gasteiger partial charge in [0.05, 0.1) is 38.5 Å². The molecule has 12 heteroatoms. The quantitative estimate of drug-likeness (QED) is 0.120. The van der Waals surface area contributed by atoms with E-state index in [0.29, 0.717) is 38.5 Å². The molecule has 0 spiro atoms. The van der Waals surface area contributed by atoms with Crippen LogP contribution in [-0.2, 0) is 9.47 Å². The van der Waals surface area contributed by atoms with Gasteiger partial charge in [-0.15, -0.1) is 0 Å². The molecule has 6 fully saturated rings. The fraction of sp³-hybridized carbons (Fsp3) is 0.909. The zero-order valence-corrected chi connectivity index (χ0v) is 35.6. The Balaban J connectivity index is 1.04. The van der Waals surface area contributed by atoms with Crippen LogP contribution in [0.25, 0.3) is 0 Å². The summed E-state index contributed by atoms with van der Waals surface area (Å²) >= 11 is 0. The highest BCUT2D eigenvalue weighted by atomic mass is 16.5. The Labute approximate surface area is 339 Å². The molecule has 0 N–H and O–H groups in total. The van der Waals surface area contributed by atoms with Crippen molar-refractivity contribution in [3.63, 3.8) is 0 Å². The Morgan fingerprint density at radius 1 is 0.482 bits per heavy atom. The molecule has 12 nitrogen and oxygen atoms in total. The summed E-state index contributed by atoms with van der Waals surface area (Å²) in [7, 11) is 3.98. The number of ether oxygens (including phenoxy) is 2. The lowest BCUT2D eigenvalue weighted by molar-refractivity contribution is 0.0592. The van der Waals surface area contributed by atoms with Crippen LogP contribution in [0.3, 0.4) is 0 Å². The van der Waals surface area contributed by atoms with Gasteiger partial charge < -0.3 is 29.1 Å².